The molecule has 0 aliphatic rings. The van der Waals surface area contributed by atoms with Crippen molar-refractivity contribution in [3.63, 3.8) is 0 Å². The lowest BCUT2D eigenvalue weighted by atomic mass is 10.1. The Kier molecular flexibility index (Phi) is 5.46. The summed E-state index contributed by atoms with van der Waals surface area (Å²) in [7, 11) is -3.83. The fraction of sp³-hybridized carbons (Fsp3) is 0.350. The summed E-state index contributed by atoms with van der Waals surface area (Å²) in [4.78, 5) is 12.4. The van der Waals surface area contributed by atoms with Gasteiger partial charge in [0.15, 0.2) is 0 Å². The topological polar surface area (TPSA) is 119 Å². The molecule has 3 aromatic rings. The number of amides is 1. The fourth-order valence-electron chi connectivity index (χ4n) is 3.21. The largest absolute Gasteiger partial charge is 0.361 e. The lowest BCUT2D eigenvalue weighted by molar-refractivity contribution is 0.102. The number of benzene rings is 1. The van der Waals surface area contributed by atoms with Crippen LogP contribution in [0.25, 0.3) is 0 Å². The van der Waals surface area contributed by atoms with Crippen molar-refractivity contribution in [2.24, 2.45) is 0 Å². The highest BCUT2D eigenvalue weighted by Gasteiger charge is 2.28. The average Bonchev–Trinajstić information content (AvgIpc) is 3.19. The molecule has 0 fully saturated rings. The lowest BCUT2D eigenvalue weighted by Gasteiger charge is -2.21. The van der Waals surface area contributed by atoms with E-state index in [-0.39, 0.29) is 16.3 Å². The molecule has 2 heterocycles. The van der Waals surface area contributed by atoms with E-state index in [1.165, 1.54) is 6.20 Å². The Bertz CT molecular complexity index is 1190. The molecule has 0 radical (unpaired) electrons. The highest BCUT2D eigenvalue weighted by atomic mass is 32.2. The van der Waals surface area contributed by atoms with Gasteiger partial charge in [-0.15, -0.1) is 0 Å². The van der Waals surface area contributed by atoms with E-state index in [1.54, 1.807) is 49.7 Å². The summed E-state index contributed by atoms with van der Waals surface area (Å²) in [5.74, 6) is 0.0568. The van der Waals surface area contributed by atoms with E-state index in [9.17, 15) is 13.2 Å². The number of hydrogen-bond donors (Lipinski definition) is 2. The number of aromatic nitrogens is 3. The molecule has 0 saturated carbocycles. The number of nitrogens with zero attached hydrogens (tertiary/aromatic N) is 3. The fourth-order valence-corrected chi connectivity index (χ4v) is 4.67. The first-order valence-corrected chi connectivity index (χ1v) is 10.8. The number of carbonyl (C=O) groups excluding carboxylic acids is 1. The van der Waals surface area contributed by atoms with E-state index in [4.69, 9.17) is 4.52 Å². The summed E-state index contributed by atoms with van der Waals surface area (Å²) < 4.78 is 35.2. The molecule has 0 unspecified atom stereocenters. The minimum Gasteiger partial charge on any atom is -0.361 e. The summed E-state index contributed by atoms with van der Waals surface area (Å²) in [5, 5.41) is 10.7. The van der Waals surface area contributed by atoms with Crippen LogP contribution < -0.4 is 10.0 Å². The minimum atomic E-state index is -3.83. The van der Waals surface area contributed by atoms with Crippen LogP contribution in [-0.4, -0.2) is 29.3 Å². The Morgan fingerprint density at radius 1 is 1.07 bits per heavy atom. The van der Waals surface area contributed by atoms with Crippen LogP contribution in [-0.2, 0) is 15.6 Å². The molecular weight excluding hydrogens is 406 g/mol. The van der Waals surface area contributed by atoms with Crippen molar-refractivity contribution in [3.05, 3.63) is 53.2 Å². The molecule has 0 atom stereocenters. The van der Waals surface area contributed by atoms with E-state index < -0.39 is 10.0 Å². The number of sulfonamides is 1. The predicted octanol–water partition coefficient (Wildman–Crippen LogP) is 3.60. The van der Waals surface area contributed by atoms with E-state index in [0.29, 0.717) is 34.1 Å². The summed E-state index contributed by atoms with van der Waals surface area (Å²) in [6.07, 6.45) is 1.34. The van der Waals surface area contributed by atoms with E-state index in [1.807, 2.05) is 20.8 Å². The molecule has 10 heteroatoms. The maximum Gasteiger partial charge on any atom is 0.265 e. The summed E-state index contributed by atoms with van der Waals surface area (Å²) in [6.45, 7) is 10.9. The van der Waals surface area contributed by atoms with Crippen LogP contribution >= 0.6 is 0 Å². The van der Waals surface area contributed by atoms with E-state index >= 15 is 0 Å². The van der Waals surface area contributed by atoms with Crippen molar-refractivity contribution >= 4 is 27.3 Å². The Balaban J connectivity index is 1.79. The first-order valence-electron chi connectivity index (χ1n) is 9.32. The third-order valence-corrected chi connectivity index (χ3v) is 6.15. The van der Waals surface area contributed by atoms with Crippen LogP contribution in [0.1, 0.15) is 48.3 Å². The molecule has 1 aromatic carbocycles. The van der Waals surface area contributed by atoms with Gasteiger partial charge in [-0.1, -0.05) is 5.16 Å². The van der Waals surface area contributed by atoms with Crippen molar-refractivity contribution in [2.75, 3.05) is 10.0 Å². The normalized spacial score (nSPS) is 12.1. The zero-order chi connectivity index (χ0) is 22.3. The number of carbonyl (C=O) groups is 1. The Morgan fingerprint density at radius 2 is 1.67 bits per heavy atom. The van der Waals surface area contributed by atoms with Crippen LogP contribution in [0.2, 0.25) is 0 Å². The Labute approximate surface area is 175 Å². The Morgan fingerprint density at radius 3 is 2.17 bits per heavy atom. The zero-order valence-corrected chi connectivity index (χ0v) is 18.6. The first kappa shape index (κ1) is 21.6. The van der Waals surface area contributed by atoms with E-state index in [2.05, 4.69) is 20.3 Å². The lowest BCUT2D eigenvalue weighted by Crippen LogP contribution is -2.25. The monoisotopic (exact) mass is 431 g/mol. The van der Waals surface area contributed by atoms with Gasteiger partial charge in [-0.05, 0) is 65.8 Å². The molecule has 2 aromatic heterocycles. The molecule has 0 aliphatic heterocycles. The van der Waals surface area contributed by atoms with Crippen molar-refractivity contribution in [1.29, 1.82) is 0 Å². The second kappa shape index (κ2) is 7.60. The zero-order valence-electron chi connectivity index (χ0n) is 17.8. The molecule has 0 bridgehead atoms. The second-order valence-electron chi connectivity index (χ2n) is 8.02. The first-order chi connectivity index (χ1) is 13.9. The number of hydrogen-bond acceptors (Lipinski definition) is 6. The summed E-state index contributed by atoms with van der Waals surface area (Å²) >= 11 is 0. The summed E-state index contributed by atoms with van der Waals surface area (Å²) in [5.41, 5.74) is 1.88. The van der Waals surface area contributed by atoms with Gasteiger partial charge in [-0.2, -0.15) is 5.10 Å². The van der Waals surface area contributed by atoms with Crippen molar-refractivity contribution < 1.29 is 17.7 Å². The maximum absolute atomic E-state index is 13.0. The molecule has 0 aliphatic carbocycles. The van der Waals surface area contributed by atoms with Crippen LogP contribution in [0, 0.1) is 20.8 Å². The van der Waals surface area contributed by atoms with Gasteiger partial charge in [0, 0.05) is 11.4 Å². The number of anilines is 2. The van der Waals surface area contributed by atoms with Gasteiger partial charge in [-0.3, -0.25) is 14.2 Å². The number of aryl methyl sites for hydroxylation is 2. The van der Waals surface area contributed by atoms with Gasteiger partial charge in [0.2, 0.25) is 0 Å². The van der Waals surface area contributed by atoms with E-state index in [0.717, 1.165) is 0 Å². The van der Waals surface area contributed by atoms with Crippen LogP contribution in [0.3, 0.4) is 0 Å². The highest BCUT2D eigenvalue weighted by molar-refractivity contribution is 7.92. The van der Waals surface area contributed by atoms with Gasteiger partial charge >= 0.3 is 0 Å². The van der Waals surface area contributed by atoms with Crippen LogP contribution in [0.15, 0.2) is 39.9 Å². The van der Waals surface area contributed by atoms with Gasteiger partial charge in [0.25, 0.3) is 15.9 Å². The number of rotatable bonds is 5. The van der Waals surface area contributed by atoms with Crippen LogP contribution in [0.5, 0.6) is 0 Å². The SMILES string of the molecule is Cc1nn(C(C)(C)C)c(C)c1S(=O)(=O)Nc1ccc(NC(=O)c2cnoc2C)cc1. The highest BCUT2D eigenvalue weighted by Crippen LogP contribution is 2.27. The predicted molar refractivity (Wildman–Crippen MR) is 113 cm³/mol. The van der Waals surface area contributed by atoms with Crippen molar-refractivity contribution in [1.82, 2.24) is 14.9 Å². The minimum absolute atomic E-state index is 0.165. The molecule has 160 valence electrons. The van der Waals surface area contributed by atoms with Crippen LogP contribution in [0.4, 0.5) is 11.4 Å². The molecule has 30 heavy (non-hydrogen) atoms. The third-order valence-electron chi connectivity index (χ3n) is 4.52. The molecule has 0 spiro atoms. The quantitative estimate of drug-likeness (QED) is 0.637. The maximum atomic E-state index is 13.0. The average molecular weight is 432 g/mol. The number of nitrogens with one attached hydrogen (secondary N) is 2. The molecule has 9 nitrogen and oxygen atoms in total. The van der Waals surface area contributed by atoms with Gasteiger partial charge in [-0.25, -0.2) is 8.42 Å². The molecular formula is C20H25N5O4S. The van der Waals surface area contributed by atoms with Gasteiger partial charge < -0.3 is 9.84 Å². The molecule has 1 amide bonds. The molecule has 3 rings (SSSR count). The van der Waals surface area contributed by atoms with Crippen molar-refractivity contribution in [3.8, 4) is 0 Å². The third kappa shape index (κ3) is 4.23. The molecule has 2 N–H and O–H groups in total. The Hall–Kier alpha value is -3.14. The van der Waals surface area contributed by atoms with Crippen molar-refractivity contribution in [2.45, 2.75) is 52.0 Å². The smallest absolute Gasteiger partial charge is 0.265 e. The summed E-state index contributed by atoms with van der Waals surface area (Å²) in [6, 6.07) is 6.37. The standard InChI is InChI=1S/C20H25N5O4S/c1-12-18(13(2)25(23-12)20(4,5)6)30(27,28)24-16-9-7-15(8-10-16)22-19(26)17-11-21-29-14(17)3/h7-11,24H,1-6H3,(H,22,26). The van der Waals surface area contributed by atoms with Gasteiger partial charge in [0.1, 0.15) is 16.2 Å². The second-order valence-corrected chi connectivity index (χ2v) is 9.63. The molecule has 0 saturated heterocycles. The van der Waals surface area contributed by atoms with Gasteiger partial charge in [0.05, 0.1) is 23.1 Å².